The molecular formula is C8H8N3+. The van der Waals surface area contributed by atoms with E-state index >= 15 is 0 Å². The van der Waals surface area contributed by atoms with Crippen LogP contribution in [-0.2, 0) is 0 Å². The van der Waals surface area contributed by atoms with E-state index in [4.69, 9.17) is 0 Å². The second kappa shape index (κ2) is 2.22. The Morgan fingerprint density at radius 2 is 2.55 bits per heavy atom. The summed E-state index contributed by atoms with van der Waals surface area (Å²) < 4.78 is 3.70. The van der Waals surface area contributed by atoms with Gasteiger partial charge in [0.05, 0.1) is 25.2 Å². The van der Waals surface area contributed by atoms with E-state index in [0.29, 0.717) is 0 Å². The summed E-state index contributed by atoms with van der Waals surface area (Å²) in [5.41, 5.74) is 0. The lowest BCUT2D eigenvalue weighted by atomic mass is 10.6. The predicted octanol–water partition coefficient (Wildman–Crippen LogP) is 0.867. The maximum absolute atomic E-state index is 4.10. The fourth-order valence-corrected chi connectivity index (χ4v) is 1.03. The molecule has 2 heterocycles. The number of hydrogen-bond acceptors (Lipinski definition) is 1. The van der Waals surface area contributed by atoms with Crippen molar-refractivity contribution in [1.82, 2.24) is 9.78 Å². The van der Waals surface area contributed by atoms with Crippen molar-refractivity contribution in [1.29, 1.82) is 0 Å². The second-order valence-electron chi connectivity index (χ2n) is 2.33. The van der Waals surface area contributed by atoms with Crippen molar-refractivity contribution < 1.29 is 4.58 Å². The van der Waals surface area contributed by atoms with E-state index in [9.17, 15) is 0 Å². The molecule has 0 spiro atoms. The van der Waals surface area contributed by atoms with Crippen LogP contribution in [0.4, 0.5) is 5.82 Å². The average Bonchev–Trinajstić information content (AvgIpc) is 2.40. The molecule has 1 aromatic rings. The van der Waals surface area contributed by atoms with Crippen molar-refractivity contribution in [3.05, 3.63) is 24.4 Å². The van der Waals surface area contributed by atoms with Gasteiger partial charge in [-0.15, -0.1) is 4.68 Å². The van der Waals surface area contributed by atoms with Crippen molar-refractivity contribution in [2.45, 2.75) is 0 Å². The second-order valence-corrected chi connectivity index (χ2v) is 2.33. The third kappa shape index (κ3) is 0.914. The van der Waals surface area contributed by atoms with Gasteiger partial charge in [0.25, 0.3) is 0 Å². The molecule has 0 amide bonds. The molecule has 0 saturated carbocycles. The van der Waals surface area contributed by atoms with Crippen molar-refractivity contribution in [3.63, 3.8) is 0 Å². The molecule has 0 aromatic carbocycles. The summed E-state index contributed by atoms with van der Waals surface area (Å²) in [4.78, 5) is 0. The lowest BCUT2D eigenvalue weighted by molar-refractivity contribution is -0.402. The topological polar surface area (TPSA) is 20.8 Å². The highest BCUT2D eigenvalue weighted by atomic mass is 15.3. The quantitative estimate of drug-likeness (QED) is 0.497. The number of hydrogen-bond donors (Lipinski definition) is 0. The lowest BCUT2D eigenvalue weighted by Gasteiger charge is -1.89. The van der Waals surface area contributed by atoms with Gasteiger partial charge in [0.1, 0.15) is 6.20 Å². The highest BCUT2D eigenvalue weighted by molar-refractivity contribution is 5.56. The molecule has 3 nitrogen and oxygen atoms in total. The van der Waals surface area contributed by atoms with Crippen LogP contribution in [0.5, 0.6) is 0 Å². The number of fused-ring (bicyclic) bond motifs is 1. The molecule has 2 rings (SSSR count). The maximum Gasteiger partial charge on any atom is 0.316 e. The molecule has 0 saturated heterocycles. The van der Waals surface area contributed by atoms with E-state index in [2.05, 4.69) is 11.0 Å². The van der Waals surface area contributed by atoms with Crippen LogP contribution in [0.1, 0.15) is 0 Å². The van der Waals surface area contributed by atoms with Gasteiger partial charge in [0.2, 0.25) is 0 Å². The zero-order valence-electron chi connectivity index (χ0n) is 6.23. The minimum Gasteiger partial charge on any atom is -0.190 e. The van der Waals surface area contributed by atoms with Gasteiger partial charge < -0.3 is 0 Å². The molecule has 3 heteroatoms. The van der Waals surface area contributed by atoms with Crippen LogP contribution in [0.2, 0.25) is 0 Å². The minimum atomic E-state index is 1.02. The summed E-state index contributed by atoms with van der Waals surface area (Å²) in [5.74, 6) is 4.07. The molecule has 0 N–H and O–H groups in total. The Labute approximate surface area is 64.6 Å². The molecule has 0 atom stereocenters. The number of nitrogens with zero attached hydrogens (tertiary/aromatic N) is 3. The predicted molar refractivity (Wildman–Crippen MR) is 43.0 cm³/mol. The van der Waals surface area contributed by atoms with Gasteiger partial charge in [-0.05, 0) is 6.08 Å². The Hall–Kier alpha value is -1.60. The van der Waals surface area contributed by atoms with E-state index < -0.39 is 0 Å². The number of aromatic nitrogens is 2. The van der Waals surface area contributed by atoms with Crippen LogP contribution < -0.4 is 0 Å². The zero-order chi connectivity index (χ0) is 7.68. The monoisotopic (exact) mass is 146 g/mol. The summed E-state index contributed by atoms with van der Waals surface area (Å²) in [6.45, 7) is 0. The Morgan fingerprint density at radius 3 is 3.45 bits per heavy atom. The summed E-state index contributed by atoms with van der Waals surface area (Å²) in [6.07, 6.45) is 7.42. The van der Waals surface area contributed by atoms with E-state index in [1.807, 2.05) is 36.0 Å². The van der Waals surface area contributed by atoms with Gasteiger partial charge in [-0.1, -0.05) is 5.10 Å². The van der Waals surface area contributed by atoms with Gasteiger partial charge in [-0.25, -0.2) is 0 Å². The first-order chi connectivity index (χ1) is 5.38. The maximum atomic E-state index is 4.10. The molecule has 0 radical (unpaired) electrons. The zero-order valence-corrected chi connectivity index (χ0v) is 6.23. The summed E-state index contributed by atoms with van der Waals surface area (Å²) in [6, 6.07) is 1.94. The molecule has 11 heavy (non-hydrogen) atoms. The number of rotatable bonds is 0. The molecule has 1 aliphatic rings. The van der Waals surface area contributed by atoms with Crippen LogP contribution in [0.3, 0.4) is 0 Å². The van der Waals surface area contributed by atoms with E-state index in [-0.39, 0.29) is 0 Å². The average molecular weight is 146 g/mol. The van der Waals surface area contributed by atoms with Gasteiger partial charge in [-0.2, -0.15) is 4.58 Å². The number of allylic oxidation sites excluding steroid dienone is 2. The summed E-state index contributed by atoms with van der Waals surface area (Å²) in [7, 11) is 1.94. The fraction of sp³-hybridized carbons (Fsp3) is 0.125. The minimum absolute atomic E-state index is 1.02. The fourth-order valence-electron chi connectivity index (χ4n) is 1.03. The van der Waals surface area contributed by atoms with Crippen LogP contribution in [-0.4, -0.2) is 27.3 Å². The first kappa shape index (κ1) is 6.13. The van der Waals surface area contributed by atoms with Crippen molar-refractivity contribution in [2.75, 3.05) is 7.05 Å². The first-order valence-corrected chi connectivity index (χ1v) is 3.41. The largest absolute Gasteiger partial charge is 0.316 e. The standard InChI is InChI=1S/C8H8N3/c1-10-6-2-3-7-11-8(10)4-5-9-11/h2-5,7H,1H3/q+1. The smallest absolute Gasteiger partial charge is 0.190 e. The molecule has 1 aromatic heterocycles. The van der Waals surface area contributed by atoms with Crippen LogP contribution in [0.25, 0.3) is 6.20 Å². The lowest BCUT2D eigenvalue weighted by Crippen LogP contribution is -1.99. The van der Waals surface area contributed by atoms with E-state index in [1.165, 1.54) is 0 Å². The third-order valence-corrected chi connectivity index (χ3v) is 1.58. The molecule has 0 aliphatic carbocycles. The van der Waals surface area contributed by atoms with Crippen molar-refractivity contribution in [2.24, 2.45) is 0 Å². The Kier molecular flexibility index (Phi) is 1.24. The molecule has 0 unspecified atom stereocenters. The SMILES string of the molecule is C[N+]1=C=CC=Cn2nccc21. The van der Waals surface area contributed by atoms with Crippen molar-refractivity contribution >= 4 is 17.9 Å². The molecule has 0 bridgehead atoms. The Morgan fingerprint density at radius 1 is 1.64 bits per heavy atom. The molecule has 1 aliphatic heterocycles. The van der Waals surface area contributed by atoms with Gasteiger partial charge in [0.15, 0.2) is 0 Å². The van der Waals surface area contributed by atoms with Gasteiger partial charge >= 0.3 is 5.82 Å². The molecular weight excluding hydrogens is 138 g/mol. The van der Waals surface area contributed by atoms with Crippen LogP contribution in [0, 0.1) is 0 Å². The van der Waals surface area contributed by atoms with Crippen LogP contribution >= 0.6 is 0 Å². The summed E-state index contributed by atoms with van der Waals surface area (Å²) >= 11 is 0. The summed E-state index contributed by atoms with van der Waals surface area (Å²) in [5, 5.41) is 4.10. The molecule has 54 valence electrons. The van der Waals surface area contributed by atoms with Gasteiger partial charge in [0, 0.05) is 6.08 Å². The molecule has 0 fully saturated rings. The normalized spacial score (nSPS) is 14.1. The Balaban J connectivity index is 2.71. The van der Waals surface area contributed by atoms with E-state index in [0.717, 1.165) is 5.82 Å². The van der Waals surface area contributed by atoms with Gasteiger partial charge in [-0.3, -0.25) is 0 Å². The van der Waals surface area contributed by atoms with E-state index in [1.54, 1.807) is 10.9 Å². The highest BCUT2D eigenvalue weighted by Gasteiger charge is 2.09. The van der Waals surface area contributed by atoms with Crippen molar-refractivity contribution in [3.8, 4) is 0 Å². The highest BCUT2D eigenvalue weighted by Crippen LogP contribution is 2.09. The van der Waals surface area contributed by atoms with Crippen LogP contribution in [0.15, 0.2) is 24.4 Å². The third-order valence-electron chi connectivity index (χ3n) is 1.58. The Bertz CT molecular complexity index is 364. The first-order valence-electron chi connectivity index (χ1n) is 3.41.